The standard InChI is InChI=1S/C55H101NO6/c1-7-11-15-19-23-33-49(34-24-20-16-12-8-2)37-31-39-54(57)61-43-29-27-41-59-52-45-51(48-56(5)6)46-53(47-52)60-42-28-30-44-62-55(58)40-32-38-50(35-25-21-17-13-9-3)36-26-22-18-14-10-4/h45-47,49-50H,7-44,48H2,1-6H3. The van der Waals surface area contributed by atoms with E-state index in [4.69, 9.17) is 18.9 Å². The van der Waals surface area contributed by atoms with Gasteiger partial charge in [0, 0.05) is 25.5 Å². The van der Waals surface area contributed by atoms with Crippen molar-refractivity contribution in [2.24, 2.45) is 11.8 Å². The highest BCUT2D eigenvalue weighted by molar-refractivity contribution is 5.69. The Morgan fingerprint density at radius 1 is 0.419 bits per heavy atom. The second-order valence-corrected chi connectivity index (χ2v) is 18.9. The molecule has 0 amide bonds. The molecule has 7 heteroatoms. The third-order valence-corrected chi connectivity index (χ3v) is 12.4. The van der Waals surface area contributed by atoms with E-state index in [0.29, 0.717) is 39.3 Å². The summed E-state index contributed by atoms with van der Waals surface area (Å²) in [6.45, 7) is 11.9. The molecule has 0 bridgehead atoms. The largest absolute Gasteiger partial charge is 0.493 e. The third-order valence-electron chi connectivity index (χ3n) is 12.4. The Labute approximate surface area is 384 Å². The Morgan fingerprint density at radius 2 is 0.742 bits per heavy atom. The quantitative estimate of drug-likeness (QED) is 0.0477. The minimum Gasteiger partial charge on any atom is -0.493 e. The second-order valence-electron chi connectivity index (χ2n) is 18.9. The van der Waals surface area contributed by atoms with Crippen molar-refractivity contribution in [3.8, 4) is 11.5 Å². The first-order valence-electron chi connectivity index (χ1n) is 26.7. The van der Waals surface area contributed by atoms with Crippen molar-refractivity contribution in [2.45, 2.75) is 253 Å². The summed E-state index contributed by atoms with van der Waals surface area (Å²) in [5.74, 6) is 2.99. The summed E-state index contributed by atoms with van der Waals surface area (Å²) in [7, 11) is 4.12. The smallest absolute Gasteiger partial charge is 0.305 e. The van der Waals surface area contributed by atoms with Crippen LogP contribution in [0.5, 0.6) is 11.5 Å². The topological polar surface area (TPSA) is 74.3 Å². The first kappa shape index (κ1) is 57.7. The maximum Gasteiger partial charge on any atom is 0.305 e. The van der Waals surface area contributed by atoms with Crippen LogP contribution in [-0.2, 0) is 25.6 Å². The molecule has 0 spiro atoms. The predicted octanol–water partition coefficient (Wildman–Crippen LogP) is 16.2. The first-order valence-corrected chi connectivity index (χ1v) is 26.7. The fraction of sp³-hybridized carbons (Fsp3) is 0.855. The van der Waals surface area contributed by atoms with E-state index in [1.165, 1.54) is 154 Å². The Hall–Kier alpha value is -2.28. The van der Waals surface area contributed by atoms with Gasteiger partial charge in [0.15, 0.2) is 0 Å². The minimum atomic E-state index is -0.0576. The van der Waals surface area contributed by atoms with Gasteiger partial charge in [-0.25, -0.2) is 0 Å². The van der Waals surface area contributed by atoms with Crippen molar-refractivity contribution in [1.82, 2.24) is 4.90 Å². The molecule has 62 heavy (non-hydrogen) atoms. The van der Waals surface area contributed by atoms with Crippen molar-refractivity contribution in [2.75, 3.05) is 40.5 Å². The molecule has 0 atom stereocenters. The van der Waals surface area contributed by atoms with Gasteiger partial charge in [-0.2, -0.15) is 0 Å². The number of esters is 2. The number of unbranched alkanes of at least 4 members (excludes halogenated alkanes) is 18. The highest BCUT2D eigenvalue weighted by Gasteiger charge is 2.13. The number of rotatable bonds is 46. The average Bonchev–Trinajstić information content (AvgIpc) is 3.25. The molecule has 0 saturated carbocycles. The molecule has 1 rings (SSSR count). The lowest BCUT2D eigenvalue weighted by Crippen LogP contribution is -2.11. The van der Waals surface area contributed by atoms with Gasteiger partial charge in [0.1, 0.15) is 11.5 Å². The lowest BCUT2D eigenvalue weighted by molar-refractivity contribution is -0.144. The molecule has 1 aromatic rings. The number of carbonyl (C=O) groups is 2. The number of hydrogen-bond donors (Lipinski definition) is 0. The zero-order valence-corrected chi connectivity index (χ0v) is 41.9. The monoisotopic (exact) mass is 872 g/mol. The molecule has 362 valence electrons. The first-order chi connectivity index (χ1) is 30.3. The molecule has 0 aromatic heterocycles. The fourth-order valence-electron chi connectivity index (χ4n) is 8.64. The van der Waals surface area contributed by atoms with Crippen LogP contribution in [0.2, 0.25) is 0 Å². The Balaban J connectivity index is 2.36. The van der Waals surface area contributed by atoms with Gasteiger partial charge < -0.3 is 23.8 Å². The molecule has 1 aromatic carbocycles. The zero-order valence-electron chi connectivity index (χ0n) is 41.9. The number of ether oxygens (including phenoxy) is 4. The SMILES string of the molecule is CCCCCCCC(CCCCCCC)CCCC(=O)OCCCCOc1cc(CN(C)C)cc(OCCCCOC(=O)CCCC(CCCCCCC)CCCCCCC)c1. The molecule has 0 radical (unpaired) electrons. The predicted molar refractivity (Wildman–Crippen MR) is 263 cm³/mol. The Morgan fingerprint density at radius 3 is 1.08 bits per heavy atom. The van der Waals surface area contributed by atoms with Crippen LogP contribution in [0.3, 0.4) is 0 Å². The Bertz CT molecular complexity index is 1050. The number of hydrogen-bond acceptors (Lipinski definition) is 7. The highest BCUT2D eigenvalue weighted by atomic mass is 16.5. The van der Waals surface area contributed by atoms with E-state index in [2.05, 4.69) is 58.8 Å². The fourth-order valence-corrected chi connectivity index (χ4v) is 8.64. The molecule has 0 heterocycles. The molecule has 0 aliphatic rings. The summed E-state index contributed by atoms with van der Waals surface area (Å²) < 4.78 is 23.6. The van der Waals surface area contributed by atoms with E-state index < -0.39 is 0 Å². The van der Waals surface area contributed by atoms with Gasteiger partial charge in [0.2, 0.25) is 0 Å². The molecule has 0 unspecified atom stereocenters. The lowest BCUT2D eigenvalue weighted by atomic mass is 9.90. The van der Waals surface area contributed by atoms with Crippen molar-refractivity contribution in [3.05, 3.63) is 23.8 Å². The van der Waals surface area contributed by atoms with Gasteiger partial charge in [-0.05, 0) is 95.0 Å². The summed E-state index contributed by atoms with van der Waals surface area (Å²) in [4.78, 5) is 27.2. The van der Waals surface area contributed by atoms with Gasteiger partial charge >= 0.3 is 11.9 Å². The van der Waals surface area contributed by atoms with Gasteiger partial charge in [0.25, 0.3) is 0 Å². The van der Waals surface area contributed by atoms with E-state index in [1.807, 2.05) is 6.07 Å². The Kier molecular flexibility index (Phi) is 39.7. The second kappa shape index (κ2) is 42.7. The van der Waals surface area contributed by atoms with E-state index in [0.717, 1.165) is 86.8 Å². The molecule has 0 aliphatic heterocycles. The van der Waals surface area contributed by atoms with E-state index in [1.54, 1.807) is 0 Å². The van der Waals surface area contributed by atoms with Gasteiger partial charge in [-0.15, -0.1) is 0 Å². The highest BCUT2D eigenvalue weighted by Crippen LogP contribution is 2.27. The van der Waals surface area contributed by atoms with Crippen molar-refractivity contribution in [3.63, 3.8) is 0 Å². The minimum absolute atomic E-state index is 0.0576. The molecular weight excluding hydrogens is 771 g/mol. The maximum atomic E-state index is 12.5. The van der Waals surface area contributed by atoms with Gasteiger partial charge in [-0.1, -0.05) is 182 Å². The number of carbonyl (C=O) groups excluding carboxylic acids is 2. The number of benzene rings is 1. The van der Waals surface area contributed by atoms with Crippen molar-refractivity contribution in [1.29, 1.82) is 0 Å². The normalized spacial score (nSPS) is 11.6. The summed E-state index contributed by atoms with van der Waals surface area (Å²) in [5.41, 5.74) is 1.14. The average molecular weight is 872 g/mol. The summed E-state index contributed by atoms with van der Waals surface area (Å²) in [6, 6.07) is 6.13. The van der Waals surface area contributed by atoms with Crippen molar-refractivity contribution >= 4 is 11.9 Å². The summed E-state index contributed by atoms with van der Waals surface area (Å²) >= 11 is 0. The van der Waals surface area contributed by atoms with Crippen LogP contribution in [0.1, 0.15) is 252 Å². The van der Waals surface area contributed by atoms with Crippen LogP contribution in [0.4, 0.5) is 0 Å². The molecule has 7 nitrogen and oxygen atoms in total. The van der Waals surface area contributed by atoms with E-state index in [-0.39, 0.29) is 11.9 Å². The molecule has 0 aliphatic carbocycles. The maximum absolute atomic E-state index is 12.5. The van der Waals surface area contributed by atoms with Crippen LogP contribution < -0.4 is 9.47 Å². The molecule has 0 fully saturated rings. The van der Waals surface area contributed by atoms with Crippen LogP contribution in [0.25, 0.3) is 0 Å². The summed E-state index contributed by atoms with van der Waals surface area (Å²) in [5, 5.41) is 0. The summed E-state index contributed by atoms with van der Waals surface area (Å²) in [6.07, 6.45) is 40.4. The van der Waals surface area contributed by atoms with E-state index >= 15 is 0 Å². The van der Waals surface area contributed by atoms with Gasteiger partial charge in [0.05, 0.1) is 26.4 Å². The van der Waals surface area contributed by atoms with Crippen LogP contribution in [0, 0.1) is 11.8 Å². The molecule has 0 saturated heterocycles. The zero-order chi connectivity index (χ0) is 45.1. The van der Waals surface area contributed by atoms with Crippen LogP contribution in [-0.4, -0.2) is 57.4 Å². The van der Waals surface area contributed by atoms with E-state index in [9.17, 15) is 9.59 Å². The number of nitrogens with zero attached hydrogens (tertiary/aromatic N) is 1. The van der Waals surface area contributed by atoms with Gasteiger partial charge in [-0.3, -0.25) is 9.59 Å². The molecular formula is C55H101NO6. The lowest BCUT2D eigenvalue weighted by Gasteiger charge is -2.17. The molecule has 0 N–H and O–H groups in total. The third kappa shape index (κ3) is 36.1. The van der Waals surface area contributed by atoms with Crippen LogP contribution in [0.15, 0.2) is 18.2 Å². The van der Waals surface area contributed by atoms with Crippen molar-refractivity contribution < 1.29 is 28.5 Å². The van der Waals surface area contributed by atoms with Crippen LogP contribution >= 0.6 is 0 Å².